The Morgan fingerprint density at radius 1 is 1.53 bits per heavy atom. The number of aromatic nitrogens is 1. The van der Waals surface area contributed by atoms with E-state index in [4.69, 9.17) is 9.47 Å². The Bertz CT molecular complexity index is 401. The van der Waals surface area contributed by atoms with Crippen molar-refractivity contribution in [2.24, 2.45) is 0 Å². The van der Waals surface area contributed by atoms with Gasteiger partial charge in [-0.25, -0.2) is 4.98 Å². The summed E-state index contributed by atoms with van der Waals surface area (Å²) in [4.78, 5) is 17.9. The van der Waals surface area contributed by atoms with Crippen molar-refractivity contribution in [3.05, 3.63) is 22.8 Å². The van der Waals surface area contributed by atoms with Crippen LogP contribution in [0.25, 0.3) is 0 Å². The minimum absolute atomic E-state index is 0.0393. The molecule has 0 bridgehead atoms. The van der Waals surface area contributed by atoms with Crippen LogP contribution in [0.2, 0.25) is 0 Å². The molecule has 0 aliphatic carbocycles. The molecule has 1 heterocycles. The predicted octanol–water partition coefficient (Wildman–Crippen LogP) is 2.25. The average molecular weight is 331 g/mol. The molecule has 0 saturated carbocycles. The van der Waals surface area contributed by atoms with Gasteiger partial charge in [0.1, 0.15) is 12.4 Å². The van der Waals surface area contributed by atoms with Crippen molar-refractivity contribution in [3.8, 4) is 0 Å². The molecule has 0 saturated heterocycles. The Morgan fingerprint density at radius 3 is 2.95 bits per heavy atom. The Kier molecular flexibility index (Phi) is 7.62. The van der Waals surface area contributed by atoms with Gasteiger partial charge in [0, 0.05) is 33.1 Å². The fourth-order valence-electron chi connectivity index (χ4n) is 1.60. The third kappa shape index (κ3) is 5.26. The maximum absolute atomic E-state index is 12.1. The van der Waals surface area contributed by atoms with E-state index in [1.54, 1.807) is 11.1 Å². The number of methoxy groups -OCH3 is 1. The van der Waals surface area contributed by atoms with E-state index in [-0.39, 0.29) is 12.5 Å². The van der Waals surface area contributed by atoms with Gasteiger partial charge >= 0.3 is 0 Å². The van der Waals surface area contributed by atoms with Gasteiger partial charge in [0.25, 0.3) is 5.91 Å². The third-order valence-corrected chi connectivity index (χ3v) is 3.06. The smallest absolute Gasteiger partial charge is 0.254 e. The fourth-order valence-corrected chi connectivity index (χ4v) is 2.06. The van der Waals surface area contributed by atoms with E-state index in [9.17, 15) is 4.79 Å². The minimum atomic E-state index is -0.113. The summed E-state index contributed by atoms with van der Waals surface area (Å²) in [5.74, 6) is 0.499. The number of hydrogen-bond acceptors (Lipinski definition) is 4. The van der Waals surface area contributed by atoms with Gasteiger partial charge in [-0.05, 0) is 41.4 Å². The van der Waals surface area contributed by atoms with Crippen LogP contribution in [0.4, 0.5) is 5.82 Å². The predicted molar refractivity (Wildman–Crippen MR) is 77.3 cm³/mol. The van der Waals surface area contributed by atoms with Gasteiger partial charge in [0.05, 0.1) is 4.47 Å². The van der Waals surface area contributed by atoms with Crippen LogP contribution in [-0.2, 0) is 14.3 Å². The number of anilines is 1. The number of hydrogen-bond donors (Lipinski definition) is 0. The molecule has 1 aromatic rings. The van der Waals surface area contributed by atoms with Crippen molar-refractivity contribution in [2.75, 3.05) is 38.4 Å². The van der Waals surface area contributed by atoms with E-state index in [0.717, 1.165) is 10.9 Å². The highest BCUT2D eigenvalue weighted by Gasteiger charge is 2.18. The first kappa shape index (κ1) is 16.1. The van der Waals surface area contributed by atoms with Crippen molar-refractivity contribution >= 4 is 27.7 Å². The van der Waals surface area contributed by atoms with Crippen molar-refractivity contribution in [2.45, 2.75) is 13.3 Å². The van der Waals surface area contributed by atoms with E-state index in [1.807, 2.05) is 19.1 Å². The lowest BCUT2D eigenvalue weighted by Crippen LogP contribution is -2.36. The molecule has 0 spiro atoms. The van der Waals surface area contributed by atoms with Crippen molar-refractivity contribution in [3.63, 3.8) is 0 Å². The summed E-state index contributed by atoms with van der Waals surface area (Å²) < 4.78 is 11.0. The maximum Gasteiger partial charge on any atom is 0.254 e. The number of ether oxygens (including phenoxy) is 2. The number of pyridine rings is 1. The molecule has 6 heteroatoms. The summed E-state index contributed by atoms with van der Waals surface area (Å²) in [6.45, 7) is 3.84. The molecule has 0 aliphatic rings. The minimum Gasteiger partial charge on any atom is -0.382 e. The molecular formula is C13H19BrN2O3. The summed E-state index contributed by atoms with van der Waals surface area (Å²) in [6.07, 6.45) is 2.42. The fraction of sp³-hybridized carbons (Fsp3) is 0.538. The molecule has 1 rings (SSSR count). The van der Waals surface area contributed by atoms with Crippen LogP contribution in [0.3, 0.4) is 0 Å². The zero-order valence-electron chi connectivity index (χ0n) is 11.3. The molecule has 0 atom stereocenters. The molecule has 0 N–H and O–H groups in total. The molecular weight excluding hydrogens is 312 g/mol. The van der Waals surface area contributed by atoms with Gasteiger partial charge in [-0.1, -0.05) is 0 Å². The van der Waals surface area contributed by atoms with Crippen LogP contribution in [0, 0.1) is 0 Å². The Labute approximate surface area is 122 Å². The average Bonchev–Trinajstić information content (AvgIpc) is 2.40. The monoisotopic (exact) mass is 330 g/mol. The van der Waals surface area contributed by atoms with Crippen molar-refractivity contribution < 1.29 is 14.3 Å². The number of carbonyl (C=O) groups excluding carboxylic acids is 1. The summed E-state index contributed by atoms with van der Waals surface area (Å²) in [5.41, 5.74) is 0. The van der Waals surface area contributed by atoms with Gasteiger partial charge < -0.3 is 9.47 Å². The maximum atomic E-state index is 12.1. The normalized spacial score (nSPS) is 10.5. The highest BCUT2D eigenvalue weighted by atomic mass is 79.9. The van der Waals surface area contributed by atoms with Gasteiger partial charge in [-0.2, -0.15) is 0 Å². The number of amides is 1. The lowest BCUT2D eigenvalue weighted by molar-refractivity contribution is -0.122. The number of rotatable bonds is 8. The number of nitrogens with zero attached hydrogens (tertiary/aromatic N) is 2. The molecule has 1 aromatic heterocycles. The lowest BCUT2D eigenvalue weighted by atomic mass is 10.3. The first-order valence-electron chi connectivity index (χ1n) is 6.18. The van der Waals surface area contributed by atoms with E-state index in [1.165, 1.54) is 7.11 Å². The van der Waals surface area contributed by atoms with E-state index in [2.05, 4.69) is 20.9 Å². The molecule has 0 aromatic carbocycles. The second kappa shape index (κ2) is 9.01. The molecule has 1 amide bonds. The molecule has 19 heavy (non-hydrogen) atoms. The Morgan fingerprint density at radius 2 is 2.32 bits per heavy atom. The molecule has 0 fully saturated rings. The summed E-state index contributed by atoms with van der Waals surface area (Å²) in [6, 6.07) is 3.67. The molecule has 0 radical (unpaired) electrons. The Balaban J connectivity index is 2.74. The first-order chi connectivity index (χ1) is 9.20. The summed E-state index contributed by atoms with van der Waals surface area (Å²) in [7, 11) is 1.50. The molecule has 0 aliphatic heterocycles. The SMILES string of the molecule is CCOCCCN(C(=O)COC)c1ncccc1Br. The molecule has 0 unspecified atom stereocenters. The summed E-state index contributed by atoms with van der Waals surface area (Å²) in [5, 5.41) is 0. The van der Waals surface area contributed by atoms with Gasteiger partial charge in [-0.3, -0.25) is 9.69 Å². The van der Waals surface area contributed by atoms with Crippen LogP contribution in [0.1, 0.15) is 13.3 Å². The topological polar surface area (TPSA) is 51.7 Å². The Hall–Kier alpha value is -0.980. The highest BCUT2D eigenvalue weighted by molar-refractivity contribution is 9.10. The van der Waals surface area contributed by atoms with Gasteiger partial charge in [0.2, 0.25) is 0 Å². The van der Waals surface area contributed by atoms with Gasteiger partial charge in [0.15, 0.2) is 0 Å². The van der Waals surface area contributed by atoms with Gasteiger partial charge in [-0.15, -0.1) is 0 Å². The highest BCUT2D eigenvalue weighted by Crippen LogP contribution is 2.23. The van der Waals surface area contributed by atoms with Crippen LogP contribution < -0.4 is 4.90 Å². The largest absolute Gasteiger partial charge is 0.382 e. The van der Waals surface area contributed by atoms with E-state index < -0.39 is 0 Å². The van der Waals surface area contributed by atoms with Crippen LogP contribution in [0.15, 0.2) is 22.8 Å². The summed E-state index contributed by atoms with van der Waals surface area (Å²) >= 11 is 3.41. The number of halogens is 1. The third-order valence-electron chi connectivity index (χ3n) is 2.44. The second-order valence-corrected chi connectivity index (χ2v) is 4.69. The number of carbonyl (C=O) groups is 1. The lowest BCUT2D eigenvalue weighted by Gasteiger charge is -2.22. The van der Waals surface area contributed by atoms with Crippen LogP contribution in [-0.4, -0.2) is 44.4 Å². The second-order valence-electron chi connectivity index (χ2n) is 3.84. The quantitative estimate of drug-likeness (QED) is 0.686. The van der Waals surface area contributed by atoms with Crippen molar-refractivity contribution in [1.29, 1.82) is 0 Å². The van der Waals surface area contributed by atoms with Crippen LogP contribution >= 0.6 is 15.9 Å². The first-order valence-corrected chi connectivity index (χ1v) is 6.97. The van der Waals surface area contributed by atoms with Crippen LogP contribution in [0.5, 0.6) is 0 Å². The zero-order valence-corrected chi connectivity index (χ0v) is 12.9. The van der Waals surface area contributed by atoms with E-state index >= 15 is 0 Å². The molecule has 106 valence electrons. The standard InChI is InChI=1S/C13H19BrN2O3/c1-3-19-9-5-8-16(12(17)10-18-2)13-11(14)6-4-7-15-13/h4,6-7H,3,5,8-10H2,1-2H3. The molecule has 5 nitrogen and oxygen atoms in total. The van der Waals surface area contributed by atoms with E-state index in [0.29, 0.717) is 25.6 Å². The zero-order chi connectivity index (χ0) is 14.1. The van der Waals surface area contributed by atoms with Crippen molar-refractivity contribution in [1.82, 2.24) is 4.98 Å².